The molecule has 0 aromatic heterocycles. The van der Waals surface area contributed by atoms with Crippen molar-refractivity contribution in [3.8, 4) is 0 Å². The molecule has 0 bridgehead atoms. The third-order valence-corrected chi connectivity index (χ3v) is 3.69. The fraction of sp³-hybridized carbons (Fsp3) is 0.600. The molecule has 0 unspecified atom stereocenters. The van der Waals surface area contributed by atoms with E-state index in [0.717, 1.165) is 19.6 Å². The van der Waals surface area contributed by atoms with Crippen LogP contribution in [0.25, 0.3) is 0 Å². The van der Waals surface area contributed by atoms with Crippen LogP contribution in [0, 0.1) is 0 Å². The largest absolute Gasteiger partial charge is 0.297 e. The van der Waals surface area contributed by atoms with Crippen LogP contribution in [0.4, 0.5) is 0 Å². The SMILES string of the molecule is C=CCN(C)C1C(N(C)CC=C)C1N(C)CC=C. The quantitative estimate of drug-likeness (QED) is 0.573. The molecule has 0 heterocycles. The van der Waals surface area contributed by atoms with Gasteiger partial charge in [0, 0.05) is 37.8 Å². The van der Waals surface area contributed by atoms with Crippen LogP contribution in [0.3, 0.4) is 0 Å². The molecule has 0 spiro atoms. The van der Waals surface area contributed by atoms with E-state index in [4.69, 9.17) is 0 Å². The maximum Gasteiger partial charge on any atom is 0.0439 e. The topological polar surface area (TPSA) is 9.72 Å². The second-order valence-corrected chi connectivity index (χ2v) is 5.16. The molecule has 0 aromatic carbocycles. The summed E-state index contributed by atoms with van der Waals surface area (Å²) in [4.78, 5) is 7.13. The van der Waals surface area contributed by atoms with Crippen molar-refractivity contribution in [2.45, 2.75) is 18.1 Å². The van der Waals surface area contributed by atoms with Crippen molar-refractivity contribution in [1.29, 1.82) is 0 Å². The molecular formula is C15H27N3. The fourth-order valence-electron chi connectivity index (χ4n) is 2.80. The van der Waals surface area contributed by atoms with Crippen LogP contribution in [0.5, 0.6) is 0 Å². The van der Waals surface area contributed by atoms with Crippen molar-refractivity contribution in [1.82, 2.24) is 14.7 Å². The van der Waals surface area contributed by atoms with Crippen LogP contribution in [0.15, 0.2) is 38.0 Å². The summed E-state index contributed by atoms with van der Waals surface area (Å²) in [6.07, 6.45) is 5.90. The van der Waals surface area contributed by atoms with Crippen LogP contribution in [-0.4, -0.2) is 73.6 Å². The van der Waals surface area contributed by atoms with Gasteiger partial charge in [0.1, 0.15) is 0 Å². The van der Waals surface area contributed by atoms with E-state index in [1.54, 1.807) is 0 Å². The van der Waals surface area contributed by atoms with Gasteiger partial charge in [0.05, 0.1) is 0 Å². The van der Waals surface area contributed by atoms with Gasteiger partial charge in [-0.2, -0.15) is 0 Å². The number of rotatable bonds is 9. The highest BCUT2D eigenvalue weighted by Gasteiger charge is 2.55. The predicted octanol–water partition coefficient (Wildman–Crippen LogP) is 1.46. The molecule has 0 aliphatic heterocycles. The molecule has 102 valence electrons. The lowest BCUT2D eigenvalue weighted by Gasteiger charge is -2.18. The standard InChI is InChI=1S/C15H27N3/c1-7-10-16(4)13-14(17(5)11-8-2)15(13)18(6)12-9-3/h7-9,13-15H,1-3,10-12H2,4-6H3. The molecule has 3 nitrogen and oxygen atoms in total. The highest BCUT2D eigenvalue weighted by Crippen LogP contribution is 2.36. The Labute approximate surface area is 112 Å². The molecular weight excluding hydrogens is 222 g/mol. The first-order valence-corrected chi connectivity index (χ1v) is 6.51. The molecule has 0 radical (unpaired) electrons. The maximum absolute atomic E-state index is 3.82. The van der Waals surface area contributed by atoms with Crippen LogP contribution in [-0.2, 0) is 0 Å². The molecule has 0 aromatic rings. The summed E-state index contributed by atoms with van der Waals surface area (Å²) in [7, 11) is 6.51. The van der Waals surface area contributed by atoms with Crippen LogP contribution < -0.4 is 0 Å². The molecule has 0 atom stereocenters. The minimum atomic E-state index is 0.568. The second-order valence-electron chi connectivity index (χ2n) is 5.16. The fourth-order valence-corrected chi connectivity index (χ4v) is 2.80. The summed E-state index contributed by atoms with van der Waals surface area (Å²) in [5.41, 5.74) is 0. The summed E-state index contributed by atoms with van der Waals surface area (Å²) in [6, 6.07) is 1.70. The first-order chi connectivity index (χ1) is 8.58. The molecule has 0 amide bonds. The predicted molar refractivity (Wildman–Crippen MR) is 79.8 cm³/mol. The Morgan fingerprint density at radius 1 is 0.667 bits per heavy atom. The lowest BCUT2D eigenvalue weighted by Crippen LogP contribution is -2.30. The molecule has 1 aliphatic rings. The molecule has 18 heavy (non-hydrogen) atoms. The lowest BCUT2D eigenvalue weighted by atomic mass is 10.4. The van der Waals surface area contributed by atoms with Gasteiger partial charge >= 0.3 is 0 Å². The zero-order valence-electron chi connectivity index (χ0n) is 12.0. The van der Waals surface area contributed by atoms with Gasteiger partial charge in [0.15, 0.2) is 0 Å². The van der Waals surface area contributed by atoms with E-state index in [1.165, 1.54) is 0 Å². The van der Waals surface area contributed by atoms with Crippen molar-refractivity contribution >= 4 is 0 Å². The van der Waals surface area contributed by atoms with Gasteiger partial charge in [-0.15, -0.1) is 19.7 Å². The Balaban J connectivity index is 2.69. The zero-order chi connectivity index (χ0) is 13.7. The van der Waals surface area contributed by atoms with E-state index in [-0.39, 0.29) is 0 Å². The molecule has 3 heteroatoms. The molecule has 1 fully saturated rings. The van der Waals surface area contributed by atoms with Gasteiger partial charge in [0.25, 0.3) is 0 Å². The Hall–Kier alpha value is -0.900. The Morgan fingerprint density at radius 3 is 1.06 bits per heavy atom. The summed E-state index contributed by atoms with van der Waals surface area (Å²) >= 11 is 0. The average Bonchev–Trinajstić information content (AvgIpc) is 3.05. The lowest BCUT2D eigenvalue weighted by molar-refractivity contribution is 0.281. The Kier molecular flexibility index (Phi) is 5.79. The van der Waals surface area contributed by atoms with Crippen molar-refractivity contribution in [3.63, 3.8) is 0 Å². The van der Waals surface area contributed by atoms with E-state index in [0.29, 0.717) is 18.1 Å². The summed E-state index contributed by atoms with van der Waals surface area (Å²) in [5, 5.41) is 0. The minimum Gasteiger partial charge on any atom is -0.297 e. The van der Waals surface area contributed by atoms with Crippen LogP contribution in [0.1, 0.15) is 0 Å². The van der Waals surface area contributed by atoms with Gasteiger partial charge in [0.2, 0.25) is 0 Å². The van der Waals surface area contributed by atoms with Gasteiger partial charge in [-0.25, -0.2) is 0 Å². The normalized spacial score (nSPS) is 26.7. The highest BCUT2D eigenvalue weighted by atomic mass is 15.4. The van der Waals surface area contributed by atoms with E-state index >= 15 is 0 Å². The molecule has 0 saturated heterocycles. The maximum atomic E-state index is 3.82. The van der Waals surface area contributed by atoms with E-state index in [1.807, 2.05) is 18.2 Å². The van der Waals surface area contributed by atoms with Crippen molar-refractivity contribution in [3.05, 3.63) is 38.0 Å². The number of nitrogens with zero attached hydrogens (tertiary/aromatic N) is 3. The van der Waals surface area contributed by atoms with Gasteiger partial charge in [-0.05, 0) is 21.1 Å². The summed E-state index contributed by atoms with van der Waals surface area (Å²) in [6.45, 7) is 14.3. The molecule has 1 rings (SSSR count). The van der Waals surface area contributed by atoms with E-state index in [9.17, 15) is 0 Å². The third kappa shape index (κ3) is 3.31. The van der Waals surface area contributed by atoms with Gasteiger partial charge < -0.3 is 0 Å². The van der Waals surface area contributed by atoms with Crippen molar-refractivity contribution < 1.29 is 0 Å². The second kappa shape index (κ2) is 6.88. The van der Waals surface area contributed by atoms with Gasteiger partial charge in [-0.1, -0.05) is 18.2 Å². The number of hydrogen-bond donors (Lipinski definition) is 0. The van der Waals surface area contributed by atoms with Crippen LogP contribution in [0.2, 0.25) is 0 Å². The Morgan fingerprint density at radius 2 is 0.889 bits per heavy atom. The first kappa shape index (κ1) is 15.2. The van der Waals surface area contributed by atoms with Crippen LogP contribution >= 0.6 is 0 Å². The molecule has 1 aliphatic carbocycles. The monoisotopic (exact) mass is 249 g/mol. The summed E-state index contributed by atoms with van der Waals surface area (Å²) in [5.74, 6) is 0. The average molecular weight is 249 g/mol. The number of likely N-dealkylation sites (N-methyl/N-ethyl adjacent to an activating group) is 3. The van der Waals surface area contributed by atoms with E-state index < -0.39 is 0 Å². The van der Waals surface area contributed by atoms with Gasteiger partial charge in [-0.3, -0.25) is 14.7 Å². The van der Waals surface area contributed by atoms with E-state index in [2.05, 4.69) is 55.6 Å². The van der Waals surface area contributed by atoms with Crippen molar-refractivity contribution in [2.75, 3.05) is 40.8 Å². The minimum absolute atomic E-state index is 0.568. The first-order valence-electron chi connectivity index (χ1n) is 6.51. The summed E-state index contributed by atoms with van der Waals surface area (Å²) < 4.78 is 0. The molecule has 0 N–H and O–H groups in total. The highest BCUT2D eigenvalue weighted by molar-refractivity contribution is 5.17. The Bertz CT molecular complexity index is 247. The zero-order valence-corrected chi connectivity index (χ0v) is 12.0. The smallest absolute Gasteiger partial charge is 0.0439 e. The third-order valence-electron chi connectivity index (χ3n) is 3.69. The number of hydrogen-bond acceptors (Lipinski definition) is 3. The molecule has 1 saturated carbocycles. The van der Waals surface area contributed by atoms with Crippen molar-refractivity contribution in [2.24, 2.45) is 0 Å².